The lowest BCUT2D eigenvalue weighted by Gasteiger charge is -2.18. The van der Waals surface area contributed by atoms with Gasteiger partial charge < -0.3 is 10.6 Å². The molecule has 0 aromatic heterocycles. The quantitative estimate of drug-likeness (QED) is 0.348. The fourth-order valence-corrected chi connectivity index (χ4v) is 4.28. The van der Waals surface area contributed by atoms with E-state index in [2.05, 4.69) is 10.0 Å². The second kappa shape index (κ2) is 11.3. The Bertz CT molecular complexity index is 1100. The van der Waals surface area contributed by atoms with E-state index >= 15 is 0 Å². The van der Waals surface area contributed by atoms with Gasteiger partial charge in [-0.25, -0.2) is 26.0 Å². The van der Waals surface area contributed by atoms with Gasteiger partial charge in [0.05, 0.1) is 12.2 Å². The number of carbonyl (C=O) groups is 2. The van der Waals surface area contributed by atoms with Crippen LogP contribution in [0.25, 0.3) is 0 Å². The highest BCUT2D eigenvalue weighted by Crippen LogP contribution is 2.19. The van der Waals surface area contributed by atoms with Gasteiger partial charge in [0.25, 0.3) is 0 Å². The van der Waals surface area contributed by atoms with Crippen molar-refractivity contribution in [2.75, 3.05) is 23.9 Å². The standard InChI is InChI=1S/C19H19F4N3O4S2/c1-31-9-8-14(26-32(29,30)15-5-3-2-4-11(15)20)19(28)24-10-16(27)25-13-7-6-12(21)17(22)18(13)23/h2-7,14,26H,8-10H2,1H3,(H,24,28)(H,25,27). The summed E-state index contributed by atoms with van der Waals surface area (Å²) in [5.74, 6) is -7.32. The maximum Gasteiger partial charge on any atom is 0.244 e. The Balaban J connectivity index is 2.05. The molecule has 0 bridgehead atoms. The lowest BCUT2D eigenvalue weighted by Crippen LogP contribution is -2.48. The van der Waals surface area contributed by atoms with Crippen LogP contribution in [0.1, 0.15) is 6.42 Å². The van der Waals surface area contributed by atoms with Crippen molar-refractivity contribution in [2.24, 2.45) is 0 Å². The van der Waals surface area contributed by atoms with Crippen molar-refractivity contribution in [3.8, 4) is 0 Å². The molecule has 0 saturated carbocycles. The summed E-state index contributed by atoms with van der Waals surface area (Å²) >= 11 is 1.33. The van der Waals surface area contributed by atoms with Crippen LogP contribution in [0.15, 0.2) is 41.3 Å². The summed E-state index contributed by atoms with van der Waals surface area (Å²) in [7, 11) is -4.39. The number of sulfonamides is 1. The van der Waals surface area contributed by atoms with E-state index in [1.165, 1.54) is 23.9 Å². The maximum atomic E-state index is 13.9. The van der Waals surface area contributed by atoms with Gasteiger partial charge in [-0.2, -0.15) is 16.5 Å². The molecule has 2 amide bonds. The number of nitrogens with one attached hydrogen (secondary N) is 3. The number of rotatable bonds is 10. The largest absolute Gasteiger partial charge is 0.346 e. The lowest BCUT2D eigenvalue weighted by molar-refractivity contribution is -0.125. The molecule has 0 aliphatic carbocycles. The normalized spacial score (nSPS) is 12.3. The summed E-state index contributed by atoms with van der Waals surface area (Å²) in [6.45, 7) is -0.714. The van der Waals surface area contributed by atoms with Crippen molar-refractivity contribution < 1.29 is 35.6 Å². The number of amides is 2. The van der Waals surface area contributed by atoms with Crippen LogP contribution in [0, 0.1) is 23.3 Å². The molecule has 0 aliphatic heterocycles. The molecule has 2 aromatic rings. The average molecular weight is 494 g/mol. The van der Waals surface area contributed by atoms with Crippen molar-refractivity contribution in [3.05, 3.63) is 59.7 Å². The van der Waals surface area contributed by atoms with Gasteiger partial charge in [0.1, 0.15) is 16.8 Å². The molecule has 0 spiro atoms. The Kier molecular flexibility index (Phi) is 9.04. The molecule has 2 aromatic carbocycles. The monoisotopic (exact) mass is 493 g/mol. The smallest absolute Gasteiger partial charge is 0.244 e. The zero-order chi connectivity index (χ0) is 23.9. The second-order valence-electron chi connectivity index (χ2n) is 6.37. The molecule has 174 valence electrons. The van der Waals surface area contributed by atoms with Crippen LogP contribution >= 0.6 is 11.8 Å². The highest BCUT2D eigenvalue weighted by atomic mass is 32.2. The average Bonchev–Trinajstić information content (AvgIpc) is 2.75. The number of benzene rings is 2. The van der Waals surface area contributed by atoms with Gasteiger partial charge in [-0.15, -0.1) is 0 Å². The maximum absolute atomic E-state index is 13.9. The van der Waals surface area contributed by atoms with Gasteiger partial charge in [-0.1, -0.05) is 12.1 Å². The van der Waals surface area contributed by atoms with Crippen molar-refractivity contribution in [1.29, 1.82) is 0 Å². The molecule has 3 N–H and O–H groups in total. The highest BCUT2D eigenvalue weighted by molar-refractivity contribution is 7.98. The summed E-state index contributed by atoms with van der Waals surface area (Å²) in [5, 5.41) is 4.14. The van der Waals surface area contributed by atoms with Gasteiger partial charge in [0.15, 0.2) is 17.5 Å². The van der Waals surface area contributed by atoms with E-state index in [1.807, 2.05) is 5.32 Å². The summed E-state index contributed by atoms with van der Waals surface area (Å²) in [5.41, 5.74) is -0.637. The van der Waals surface area contributed by atoms with Crippen LogP contribution in [0.5, 0.6) is 0 Å². The fraction of sp³-hybridized carbons (Fsp3) is 0.263. The molecule has 0 radical (unpaired) electrons. The molecule has 0 aliphatic rings. The third-order valence-electron chi connectivity index (χ3n) is 4.08. The molecular weight excluding hydrogens is 474 g/mol. The zero-order valence-corrected chi connectivity index (χ0v) is 18.3. The molecular formula is C19H19F4N3O4S2. The predicted molar refractivity (Wildman–Crippen MR) is 111 cm³/mol. The van der Waals surface area contributed by atoms with Crippen LogP contribution in [0.3, 0.4) is 0 Å². The zero-order valence-electron chi connectivity index (χ0n) is 16.6. The Morgan fingerprint density at radius 2 is 1.69 bits per heavy atom. The van der Waals surface area contributed by atoms with Gasteiger partial charge in [-0.05, 0) is 42.7 Å². The Labute approximate surface area is 186 Å². The Morgan fingerprint density at radius 3 is 2.34 bits per heavy atom. The van der Waals surface area contributed by atoms with Crippen molar-refractivity contribution in [3.63, 3.8) is 0 Å². The van der Waals surface area contributed by atoms with Gasteiger partial charge in [-0.3, -0.25) is 9.59 Å². The lowest BCUT2D eigenvalue weighted by atomic mass is 10.2. The molecule has 7 nitrogen and oxygen atoms in total. The topological polar surface area (TPSA) is 104 Å². The van der Waals surface area contributed by atoms with Crippen LogP contribution in [-0.4, -0.2) is 44.8 Å². The van der Waals surface area contributed by atoms with E-state index < -0.39 is 68.3 Å². The molecule has 0 saturated heterocycles. The van der Waals surface area contributed by atoms with Gasteiger partial charge in [0, 0.05) is 0 Å². The van der Waals surface area contributed by atoms with Crippen LogP contribution in [-0.2, 0) is 19.6 Å². The summed E-state index contributed by atoms with van der Waals surface area (Å²) < 4.78 is 80.8. The number of carbonyl (C=O) groups excluding carboxylic acids is 2. The van der Waals surface area contributed by atoms with Crippen LogP contribution in [0.2, 0.25) is 0 Å². The minimum Gasteiger partial charge on any atom is -0.346 e. The Morgan fingerprint density at radius 1 is 1.00 bits per heavy atom. The van der Waals surface area contributed by atoms with Crippen LogP contribution < -0.4 is 15.4 Å². The van der Waals surface area contributed by atoms with E-state index in [9.17, 15) is 35.6 Å². The second-order valence-corrected chi connectivity index (χ2v) is 9.04. The molecule has 2 rings (SSSR count). The number of thioether (sulfide) groups is 1. The van der Waals surface area contributed by atoms with Crippen molar-refractivity contribution >= 4 is 39.3 Å². The predicted octanol–water partition coefficient (Wildman–Crippen LogP) is 2.40. The SMILES string of the molecule is CSCCC(NS(=O)(=O)c1ccccc1F)C(=O)NCC(=O)Nc1ccc(F)c(F)c1F. The summed E-state index contributed by atoms with van der Waals surface area (Å²) in [6.07, 6.45) is 1.75. The first kappa shape index (κ1) is 25.6. The third-order valence-corrected chi connectivity index (χ3v) is 6.23. The van der Waals surface area contributed by atoms with Gasteiger partial charge >= 0.3 is 0 Å². The number of anilines is 1. The molecule has 0 heterocycles. The first-order valence-corrected chi connectivity index (χ1v) is 11.9. The van der Waals surface area contributed by atoms with E-state index in [-0.39, 0.29) is 6.42 Å². The van der Waals surface area contributed by atoms with Gasteiger partial charge in [0.2, 0.25) is 21.8 Å². The summed E-state index contributed by atoms with van der Waals surface area (Å²) in [6, 6.07) is 4.69. The molecule has 1 atom stereocenters. The molecule has 1 unspecified atom stereocenters. The minimum atomic E-state index is -4.39. The summed E-state index contributed by atoms with van der Waals surface area (Å²) in [4.78, 5) is 23.8. The molecule has 13 heteroatoms. The first-order valence-electron chi connectivity index (χ1n) is 9.03. The number of hydrogen-bond acceptors (Lipinski definition) is 5. The van der Waals surface area contributed by atoms with Crippen LogP contribution in [0.4, 0.5) is 23.2 Å². The number of hydrogen-bond donors (Lipinski definition) is 3. The third kappa shape index (κ3) is 6.68. The first-order chi connectivity index (χ1) is 15.1. The van der Waals surface area contributed by atoms with E-state index in [1.54, 1.807) is 6.26 Å². The van der Waals surface area contributed by atoms with E-state index in [4.69, 9.17) is 0 Å². The van der Waals surface area contributed by atoms with E-state index in [0.29, 0.717) is 11.8 Å². The highest BCUT2D eigenvalue weighted by Gasteiger charge is 2.27. The van der Waals surface area contributed by atoms with Crippen molar-refractivity contribution in [2.45, 2.75) is 17.4 Å². The minimum absolute atomic E-state index is 0.0279. The van der Waals surface area contributed by atoms with E-state index in [0.717, 1.165) is 18.2 Å². The molecule has 0 fully saturated rings. The Hall–Kier alpha value is -2.64. The van der Waals surface area contributed by atoms with Crippen molar-refractivity contribution in [1.82, 2.24) is 10.0 Å². The number of halogens is 4. The molecule has 32 heavy (non-hydrogen) atoms. The fourth-order valence-electron chi connectivity index (χ4n) is 2.50.